The van der Waals surface area contributed by atoms with Crippen LogP contribution >= 0.6 is 0 Å². The van der Waals surface area contributed by atoms with Crippen LogP contribution in [0.3, 0.4) is 0 Å². The van der Waals surface area contributed by atoms with Gasteiger partial charge in [-0.25, -0.2) is 13.6 Å². The predicted octanol–water partition coefficient (Wildman–Crippen LogP) is 1.34. The van der Waals surface area contributed by atoms with Gasteiger partial charge in [0.1, 0.15) is 18.2 Å². The van der Waals surface area contributed by atoms with E-state index in [1.807, 2.05) is 0 Å². The van der Waals surface area contributed by atoms with Gasteiger partial charge in [0.15, 0.2) is 6.10 Å². The lowest BCUT2D eigenvalue weighted by Gasteiger charge is -2.39. The van der Waals surface area contributed by atoms with Crippen molar-refractivity contribution >= 4 is 11.9 Å². The van der Waals surface area contributed by atoms with Crippen LogP contribution in [0.25, 0.3) is 0 Å². The minimum atomic E-state index is -1.50. The third-order valence-electron chi connectivity index (χ3n) is 3.21. The maximum atomic E-state index is 13.9. The van der Waals surface area contributed by atoms with Gasteiger partial charge in [-0.1, -0.05) is 6.07 Å². The summed E-state index contributed by atoms with van der Waals surface area (Å²) in [5.41, 5.74) is -0.463. The molecule has 1 amide bonds. The van der Waals surface area contributed by atoms with Crippen LogP contribution in [-0.2, 0) is 14.3 Å². The number of halogens is 2. The first kappa shape index (κ1) is 14.4. The Morgan fingerprint density at radius 3 is 2.55 bits per heavy atom. The van der Waals surface area contributed by atoms with E-state index in [-0.39, 0.29) is 6.54 Å². The Morgan fingerprint density at radius 1 is 1.45 bits per heavy atom. The molecule has 20 heavy (non-hydrogen) atoms. The molecular weight excluding hydrogens is 272 g/mol. The molecule has 1 heterocycles. The molecule has 5 nitrogen and oxygen atoms in total. The molecule has 0 spiro atoms. The number of amides is 1. The number of benzene rings is 1. The fraction of sp³-hybridized carbons (Fsp3) is 0.385. The zero-order valence-electron chi connectivity index (χ0n) is 10.7. The summed E-state index contributed by atoms with van der Waals surface area (Å²) in [5, 5.41) is 9.14. The molecule has 108 valence electrons. The van der Waals surface area contributed by atoms with Gasteiger partial charge in [0.05, 0.1) is 6.04 Å². The largest absolute Gasteiger partial charge is 0.479 e. The molecule has 0 aromatic heterocycles. The molecule has 2 unspecified atom stereocenters. The molecule has 1 fully saturated rings. The van der Waals surface area contributed by atoms with E-state index in [0.717, 1.165) is 17.0 Å². The van der Waals surface area contributed by atoms with E-state index in [2.05, 4.69) is 0 Å². The van der Waals surface area contributed by atoms with E-state index >= 15 is 0 Å². The Morgan fingerprint density at radius 2 is 2.05 bits per heavy atom. The fourth-order valence-electron chi connectivity index (χ4n) is 2.33. The number of carboxylic acids is 1. The van der Waals surface area contributed by atoms with Crippen LogP contribution in [0, 0.1) is 11.6 Å². The summed E-state index contributed by atoms with van der Waals surface area (Å²) in [4.78, 5) is 24.1. The first-order valence-corrected chi connectivity index (χ1v) is 6.05. The second-order valence-corrected chi connectivity index (χ2v) is 4.33. The van der Waals surface area contributed by atoms with Gasteiger partial charge in [-0.2, -0.15) is 0 Å². The van der Waals surface area contributed by atoms with Gasteiger partial charge in [0.2, 0.25) is 5.91 Å². The lowest BCUT2D eigenvalue weighted by Crippen LogP contribution is -2.52. The van der Waals surface area contributed by atoms with Crippen molar-refractivity contribution in [1.29, 1.82) is 0 Å². The van der Waals surface area contributed by atoms with Crippen LogP contribution in [0.1, 0.15) is 18.5 Å². The van der Waals surface area contributed by atoms with Gasteiger partial charge in [-0.15, -0.1) is 0 Å². The molecular formula is C13H13F2NO4. The van der Waals surface area contributed by atoms with E-state index in [1.165, 1.54) is 6.07 Å². The monoisotopic (exact) mass is 285 g/mol. The molecule has 1 saturated heterocycles. The van der Waals surface area contributed by atoms with Crippen molar-refractivity contribution in [3.63, 3.8) is 0 Å². The highest BCUT2D eigenvalue weighted by Crippen LogP contribution is 2.33. The van der Waals surface area contributed by atoms with Gasteiger partial charge < -0.3 is 14.7 Å². The molecule has 1 aliphatic heterocycles. The topological polar surface area (TPSA) is 66.8 Å². The standard InChI is InChI=1S/C13H13F2NO4/c1-2-16-9(17)6-20-12(13(18)19)11(16)10-7(14)4-3-5-8(10)15/h3-5,11-12H,2,6H2,1H3,(H,18,19). The van der Waals surface area contributed by atoms with Gasteiger partial charge in [0, 0.05) is 12.1 Å². The first-order valence-electron chi connectivity index (χ1n) is 6.05. The van der Waals surface area contributed by atoms with Crippen molar-refractivity contribution < 1.29 is 28.2 Å². The summed E-state index contributed by atoms with van der Waals surface area (Å²) < 4.78 is 32.7. The van der Waals surface area contributed by atoms with Crippen molar-refractivity contribution in [2.45, 2.75) is 19.1 Å². The SMILES string of the molecule is CCN1C(=O)COC(C(=O)O)C1c1c(F)cccc1F. The molecule has 2 rings (SSSR count). The minimum Gasteiger partial charge on any atom is -0.479 e. The number of rotatable bonds is 3. The van der Waals surface area contributed by atoms with Gasteiger partial charge in [-0.05, 0) is 19.1 Å². The van der Waals surface area contributed by atoms with Crippen molar-refractivity contribution in [3.05, 3.63) is 35.4 Å². The molecule has 0 bridgehead atoms. The van der Waals surface area contributed by atoms with Crippen molar-refractivity contribution in [3.8, 4) is 0 Å². The maximum Gasteiger partial charge on any atom is 0.335 e. The number of aliphatic carboxylic acids is 1. The van der Waals surface area contributed by atoms with E-state index in [4.69, 9.17) is 9.84 Å². The highest BCUT2D eigenvalue weighted by Gasteiger charge is 2.43. The lowest BCUT2D eigenvalue weighted by molar-refractivity contribution is -0.173. The van der Waals surface area contributed by atoms with E-state index < -0.39 is 47.8 Å². The summed E-state index contributed by atoms with van der Waals surface area (Å²) in [7, 11) is 0. The highest BCUT2D eigenvalue weighted by atomic mass is 19.1. The average molecular weight is 285 g/mol. The first-order chi connectivity index (χ1) is 9.47. The molecule has 1 aromatic rings. The number of hydrogen-bond donors (Lipinski definition) is 1. The molecule has 0 aliphatic carbocycles. The summed E-state index contributed by atoms with van der Waals surface area (Å²) in [6, 6.07) is 1.89. The Kier molecular flexibility index (Phi) is 3.99. The molecule has 0 saturated carbocycles. The summed E-state index contributed by atoms with van der Waals surface area (Å²) >= 11 is 0. The summed E-state index contributed by atoms with van der Waals surface area (Å²) in [6.45, 7) is 1.32. The number of likely N-dealkylation sites (N-methyl/N-ethyl adjacent to an activating group) is 1. The van der Waals surface area contributed by atoms with Crippen LogP contribution in [0.2, 0.25) is 0 Å². The Hall–Kier alpha value is -2.02. The number of carboxylic acid groups (broad SMARTS) is 1. The normalized spacial score (nSPS) is 22.9. The fourth-order valence-corrected chi connectivity index (χ4v) is 2.33. The third kappa shape index (κ3) is 2.36. The van der Waals surface area contributed by atoms with Crippen LogP contribution in [0.5, 0.6) is 0 Å². The zero-order chi connectivity index (χ0) is 14.9. The Bertz CT molecular complexity index is 527. The molecule has 2 atom stereocenters. The molecule has 0 radical (unpaired) electrons. The quantitative estimate of drug-likeness (QED) is 0.910. The van der Waals surface area contributed by atoms with Crippen LogP contribution < -0.4 is 0 Å². The van der Waals surface area contributed by atoms with Crippen LogP contribution in [0.15, 0.2) is 18.2 Å². The average Bonchev–Trinajstić information content (AvgIpc) is 2.38. The maximum absolute atomic E-state index is 13.9. The van der Waals surface area contributed by atoms with Crippen molar-refractivity contribution in [1.82, 2.24) is 4.90 Å². The minimum absolute atomic E-state index is 0.129. The summed E-state index contributed by atoms with van der Waals surface area (Å²) in [6.07, 6.45) is -1.50. The molecule has 1 aromatic carbocycles. The van der Waals surface area contributed by atoms with Crippen LogP contribution in [0.4, 0.5) is 8.78 Å². The molecule has 1 aliphatic rings. The Balaban J connectivity index is 2.56. The van der Waals surface area contributed by atoms with Gasteiger partial charge in [0.25, 0.3) is 0 Å². The number of hydrogen-bond acceptors (Lipinski definition) is 3. The van der Waals surface area contributed by atoms with E-state index in [0.29, 0.717) is 0 Å². The smallest absolute Gasteiger partial charge is 0.335 e. The van der Waals surface area contributed by atoms with Crippen molar-refractivity contribution in [2.24, 2.45) is 0 Å². The number of nitrogens with zero attached hydrogens (tertiary/aromatic N) is 1. The van der Waals surface area contributed by atoms with E-state index in [9.17, 15) is 18.4 Å². The van der Waals surface area contributed by atoms with Gasteiger partial charge in [-0.3, -0.25) is 4.79 Å². The zero-order valence-corrected chi connectivity index (χ0v) is 10.7. The summed E-state index contributed by atoms with van der Waals surface area (Å²) in [5.74, 6) is -3.68. The predicted molar refractivity (Wildman–Crippen MR) is 63.9 cm³/mol. The molecule has 1 N–H and O–H groups in total. The highest BCUT2D eigenvalue weighted by molar-refractivity contribution is 5.83. The lowest BCUT2D eigenvalue weighted by atomic mass is 9.96. The van der Waals surface area contributed by atoms with Gasteiger partial charge >= 0.3 is 5.97 Å². The van der Waals surface area contributed by atoms with Crippen LogP contribution in [-0.4, -0.2) is 41.1 Å². The second-order valence-electron chi connectivity index (χ2n) is 4.33. The van der Waals surface area contributed by atoms with E-state index in [1.54, 1.807) is 6.92 Å². The molecule has 7 heteroatoms. The number of carbonyl (C=O) groups excluding carboxylic acids is 1. The number of ether oxygens (including phenoxy) is 1. The van der Waals surface area contributed by atoms with Crippen molar-refractivity contribution in [2.75, 3.05) is 13.2 Å². The second kappa shape index (κ2) is 5.54. The Labute approximate surface area is 113 Å². The number of morpholine rings is 1. The number of carbonyl (C=O) groups is 2. The third-order valence-corrected chi connectivity index (χ3v) is 3.21.